The number of rotatable bonds is 5. The normalized spacial score (nSPS) is 14.9. The molecule has 3 aromatic rings. The molecule has 1 N–H and O–H groups in total. The smallest absolute Gasteiger partial charge is 0.194 e. The number of hydrogen-bond acceptors (Lipinski definition) is 5. The Kier molecular flexibility index (Phi) is 6.56. The van der Waals surface area contributed by atoms with Crippen molar-refractivity contribution in [2.45, 2.75) is 33.9 Å². The van der Waals surface area contributed by atoms with E-state index in [0.717, 1.165) is 50.3 Å². The highest BCUT2D eigenvalue weighted by atomic mass is 32.1. The summed E-state index contributed by atoms with van der Waals surface area (Å²) in [6.07, 6.45) is 0. The second-order valence-electron chi connectivity index (χ2n) is 8.06. The van der Waals surface area contributed by atoms with E-state index in [1.807, 2.05) is 18.5 Å². The second kappa shape index (κ2) is 9.51. The van der Waals surface area contributed by atoms with Crippen LogP contribution in [0.1, 0.15) is 27.7 Å². The Labute approximate surface area is 188 Å². The van der Waals surface area contributed by atoms with Crippen molar-refractivity contribution in [3.05, 3.63) is 63.4 Å². The number of nitrogens with zero attached hydrogens (tertiary/aromatic N) is 6. The lowest BCUT2D eigenvalue weighted by Gasteiger charge is -2.38. The van der Waals surface area contributed by atoms with Gasteiger partial charge < -0.3 is 19.7 Å². The molecule has 0 unspecified atom stereocenters. The number of nitrogens with one attached hydrogen (secondary N) is 1. The van der Waals surface area contributed by atoms with Gasteiger partial charge in [0.1, 0.15) is 12.4 Å². The predicted octanol–water partition coefficient (Wildman–Crippen LogP) is 3.27. The van der Waals surface area contributed by atoms with Crippen LogP contribution in [-0.4, -0.2) is 51.8 Å². The third-order valence-corrected chi connectivity index (χ3v) is 6.71. The molecule has 0 amide bonds. The highest BCUT2D eigenvalue weighted by molar-refractivity contribution is 7.09. The van der Waals surface area contributed by atoms with Crippen molar-refractivity contribution in [2.75, 3.05) is 31.1 Å². The minimum absolute atomic E-state index is 0.515. The molecule has 7 nitrogen and oxygen atoms in total. The number of aromatic nitrogens is 3. The lowest BCUT2D eigenvalue weighted by molar-refractivity contribution is 0.371. The van der Waals surface area contributed by atoms with Gasteiger partial charge in [0.05, 0.1) is 6.54 Å². The summed E-state index contributed by atoms with van der Waals surface area (Å²) >= 11 is 1.76. The maximum atomic E-state index is 4.91. The van der Waals surface area contributed by atoms with Crippen molar-refractivity contribution in [1.82, 2.24) is 25.0 Å². The molecule has 0 bridgehead atoms. The molecule has 31 heavy (non-hydrogen) atoms. The number of benzene rings is 1. The van der Waals surface area contributed by atoms with Crippen molar-refractivity contribution in [1.29, 1.82) is 0 Å². The van der Waals surface area contributed by atoms with Crippen molar-refractivity contribution in [2.24, 2.45) is 12.0 Å². The van der Waals surface area contributed by atoms with Gasteiger partial charge in [-0.05, 0) is 49.4 Å². The molecular weight excluding hydrogens is 406 g/mol. The van der Waals surface area contributed by atoms with Gasteiger partial charge in [-0.3, -0.25) is 0 Å². The van der Waals surface area contributed by atoms with Crippen molar-refractivity contribution < 1.29 is 0 Å². The Morgan fingerprint density at radius 1 is 1.10 bits per heavy atom. The summed E-state index contributed by atoms with van der Waals surface area (Å²) in [6, 6.07) is 10.9. The van der Waals surface area contributed by atoms with E-state index in [4.69, 9.17) is 4.99 Å². The maximum absolute atomic E-state index is 4.91. The van der Waals surface area contributed by atoms with Gasteiger partial charge in [-0.15, -0.1) is 21.5 Å². The number of aliphatic imine (C=N–C) groups is 1. The highest BCUT2D eigenvalue weighted by Gasteiger charge is 2.21. The number of thiophene rings is 1. The number of piperazine rings is 1. The fourth-order valence-corrected chi connectivity index (χ4v) is 4.45. The first-order valence-electron chi connectivity index (χ1n) is 10.7. The average Bonchev–Trinajstić information content (AvgIpc) is 3.41. The fraction of sp³-hybridized carbons (Fsp3) is 0.435. The van der Waals surface area contributed by atoms with Gasteiger partial charge in [-0.25, -0.2) is 4.99 Å². The average molecular weight is 438 g/mol. The molecule has 1 fully saturated rings. The summed E-state index contributed by atoms with van der Waals surface area (Å²) in [5, 5.41) is 14.1. The minimum atomic E-state index is 0.515. The Morgan fingerprint density at radius 2 is 1.90 bits per heavy atom. The third kappa shape index (κ3) is 5.07. The Bertz CT molecular complexity index is 1030. The van der Waals surface area contributed by atoms with E-state index in [1.165, 1.54) is 21.7 Å². The van der Waals surface area contributed by atoms with Crippen molar-refractivity contribution >= 4 is 23.0 Å². The molecule has 0 atom stereocenters. The van der Waals surface area contributed by atoms with E-state index in [9.17, 15) is 0 Å². The molecule has 0 radical (unpaired) electrons. The van der Waals surface area contributed by atoms with Gasteiger partial charge in [0.15, 0.2) is 11.8 Å². The molecule has 1 saturated heterocycles. The zero-order valence-corrected chi connectivity index (χ0v) is 19.6. The van der Waals surface area contributed by atoms with Crippen LogP contribution in [0, 0.1) is 20.8 Å². The second-order valence-corrected chi connectivity index (χ2v) is 9.09. The fourth-order valence-electron chi connectivity index (χ4n) is 3.80. The van der Waals surface area contributed by atoms with E-state index in [-0.39, 0.29) is 0 Å². The quantitative estimate of drug-likeness (QED) is 0.490. The van der Waals surface area contributed by atoms with Crippen LogP contribution in [0.3, 0.4) is 0 Å². The van der Waals surface area contributed by atoms with Crippen LogP contribution < -0.4 is 10.2 Å². The molecule has 1 aromatic carbocycles. The van der Waals surface area contributed by atoms with Crippen LogP contribution in [-0.2, 0) is 20.1 Å². The van der Waals surface area contributed by atoms with Gasteiger partial charge in [0, 0.05) is 43.8 Å². The summed E-state index contributed by atoms with van der Waals surface area (Å²) < 4.78 is 2.00. The third-order valence-electron chi connectivity index (χ3n) is 5.84. The molecule has 0 aliphatic carbocycles. The van der Waals surface area contributed by atoms with E-state index in [2.05, 4.69) is 74.9 Å². The summed E-state index contributed by atoms with van der Waals surface area (Å²) in [7, 11) is 1.99. The zero-order valence-electron chi connectivity index (χ0n) is 18.8. The Hall–Kier alpha value is -2.87. The zero-order chi connectivity index (χ0) is 21.8. The maximum Gasteiger partial charge on any atom is 0.194 e. The first-order chi connectivity index (χ1) is 15.0. The monoisotopic (exact) mass is 437 g/mol. The van der Waals surface area contributed by atoms with Crippen molar-refractivity contribution in [3.63, 3.8) is 0 Å². The molecule has 2 aromatic heterocycles. The van der Waals surface area contributed by atoms with E-state index in [1.54, 1.807) is 11.3 Å². The summed E-state index contributed by atoms with van der Waals surface area (Å²) in [5.74, 6) is 2.72. The van der Waals surface area contributed by atoms with Gasteiger partial charge in [-0.1, -0.05) is 18.2 Å². The lowest BCUT2D eigenvalue weighted by atomic mass is 10.1. The predicted molar refractivity (Wildman–Crippen MR) is 128 cm³/mol. The summed E-state index contributed by atoms with van der Waals surface area (Å²) in [4.78, 5) is 11.1. The Morgan fingerprint density at radius 3 is 2.58 bits per heavy atom. The molecule has 3 heterocycles. The molecule has 8 heteroatoms. The van der Waals surface area contributed by atoms with Gasteiger partial charge in [0.2, 0.25) is 0 Å². The van der Waals surface area contributed by atoms with Crippen LogP contribution in [0.4, 0.5) is 5.69 Å². The standard InChI is InChI=1S/C23H31N7S/c1-17-7-8-18(2)21(14-17)29-9-11-30(12-10-29)23(24-15-20-6-5-13-31-20)25-16-22-27-26-19(3)28(22)4/h5-8,13-14H,9-12,15-16H2,1-4H3,(H,24,25). The van der Waals surface area contributed by atoms with E-state index in [0.29, 0.717) is 6.54 Å². The van der Waals surface area contributed by atoms with Crippen molar-refractivity contribution in [3.8, 4) is 0 Å². The van der Waals surface area contributed by atoms with Gasteiger partial charge in [0.25, 0.3) is 0 Å². The van der Waals surface area contributed by atoms with Gasteiger partial charge in [-0.2, -0.15) is 0 Å². The lowest BCUT2D eigenvalue weighted by Crippen LogP contribution is -2.52. The topological polar surface area (TPSA) is 61.6 Å². The highest BCUT2D eigenvalue weighted by Crippen LogP contribution is 2.23. The van der Waals surface area contributed by atoms with E-state index < -0.39 is 0 Å². The Balaban J connectivity index is 1.46. The molecule has 4 rings (SSSR count). The SMILES string of the molecule is Cc1ccc(C)c(N2CCN(C(=NCc3nnc(C)n3C)NCc3cccs3)CC2)c1. The molecule has 1 aliphatic rings. The van der Waals surface area contributed by atoms with E-state index >= 15 is 0 Å². The van der Waals surface area contributed by atoms with Crippen LogP contribution in [0.2, 0.25) is 0 Å². The number of aryl methyl sites for hydroxylation is 3. The van der Waals surface area contributed by atoms with Crippen LogP contribution in [0.15, 0.2) is 40.7 Å². The molecular formula is C23H31N7S. The first kappa shape index (κ1) is 21.4. The molecule has 164 valence electrons. The molecule has 1 aliphatic heterocycles. The van der Waals surface area contributed by atoms with Crippen LogP contribution >= 0.6 is 11.3 Å². The minimum Gasteiger partial charge on any atom is -0.368 e. The summed E-state index contributed by atoms with van der Waals surface area (Å²) in [5.41, 5.74) is 3.99. The van der Waals surface area contributed by atoms with Crippen LogP contribution in [0.5, 0.6) is 0 Å². The number of hydrogen-bond donors (Lipinski definition) is 1. The largest absolute Gasteiger partial charge is 0.368 e. The number of guanidine groups is 1. The van der Waals surface area contributed by atoms with Crippen LogP contribution in [0.25, 0.3) is 0 Å². The molecule has 0 saturated carbocycles. The first-order valence-corrected chi connectivity index (χ1v) is 11.6. The number of anilines is 1. The summed E-state index contributed by atoms with van der Waals surface area (Å²) in [6.45, 7) is 11.4. The van der Waals surface area contributed by atoms with Gasteiger partial charge >= 0.3 is 0 Å². The molecule has 0 spiro atoms.